The van der Waals surface area contributed by atoms with Gasteiger partial charge in [-0.05, 0) is 30.2 Å². The molecule has 1 saturated carbocycles. The van der Waals surface area contributed by atoms with Crippen molar-refractivity contribution in [3.8, 4) is 0 Å². The van der Waals surface area contributed by atoms with Crippen LogP contribution in [0.5, 0.6) is 0 Å². The number of carbonyl (C=O) groups is 1. The molecule has 1 fully saturated rings. The van der Waals surface area contributed by atoms with Crippen LogP contribution in [0.1, 0.15) is 30.2 Å². The molecular weight excluding hydrogens is 208 g/mol. The second-order valence-corrected chi connectivity index (χ2v) is 4.98. The van der Waals surface area contributed by atoms with Crippen molar-refractivity contribution in [1.82, 2.24) is 5.32 Å². The third-order valence-electron chi connectivity index (χ3n) is 2.68. The van der Waals surface area contributed by atoms with Crippen LogP contribution in [0.3, 0.4) is 0 Å². The van der Waals surface area contributed by atoms with Gasteiger partial charge < -0.3 is 11.1 Å². The molecule has 4 heteroatoms. The van der Waals surface area contributed by atoms with E-state index in [-0.39, 0.29) is 5.91 Å². The third kappa shape index (κ3) is 3.04. The van der Waals surface area contributed by atoms with Gasteiger partial charge in [0.15, 0.2) is 0 Å². The lowest BCUT2D eigenvalue weighted by molar-refractivity contribution is -0.117. The third-order valence-corrected chi connectivity index (χ3v) is 3.63. The summed E-state index contributed by atoms with van der Waals surface area (Å²) < 4.78 is 0. The average Bonchev–Trinajstić information content (AvgIpc) is 2.88. The van der Waals surface area contributed by atoms with Crippen molar-refractivity contribution in [2.75, 3.05) is 6.54 Å². The van der Waals surface area contributed by atoms with Crippen LogP contribution in [0.4, 0.5) is 0 Å². The summed E-state index contributed by atoms with van der Waals surface area (Å²) in [7, 11) is 0. The standard InChI is InChI=1S/C11H16N2OS/c12-10(14)5-6-13-11(8-3-4-8)9-2-1-7-15-9/h1-2,7-8,11,13H,3-6H2,(H2,12,14). The molecule has 2 rings (SSSR count). The van der Waals surface area contributed by atoms with Crippen molar-refractivity contribution < 1.29 is 4.79 Å². The van der Waals surface area contributed by atoms with Gasteiger partial charge in [0, 0.05) is 23.9 Å². The van der Waals surface area contributed by atoms with Gasteiger partial charge in [-0.1, -0.05) is 6.07 Å². The number of hydrogen-bond donors (Lipinski definition) is 2. The Morgan fingerprint density at radius 3 is 3.00 bits per heavy atom. The fraction of sp³-hybridized carbons (Fsp3) is 0.545. The quantitative estimate of drug-likeness (QED) is 0.772. The van der Waals surface area contributed by atoms with Crippen molar-refractivity contribution in [2.24, 2.45) is 11.7 Å². The van der Waals surface area contributed by atoms with E-state index in [0.717, 1.165) is 5.92 Å². The number of nitrogens with one attached hydrogen (secondary N) is 1. The monoisotopic (exact) mass is 224 g/mol. The van der Waals surface area contributed by atoms with Crippen molar-refractivity contribution in [3.05, 3.63) is 22.4 Å². The molecule has 3 nitrogen and oxygen atoms in total. The van der Waals surface area contributed by atoms with Crippen LogP contribution < -0.4 is 11.1 Å². The van der Waals surface area contributed by atoms with Crippen molar-refractivity contribution >= 4 is 17.2 Å². The molecule has 1 aromatic rings. The van der Waals surface area contributed by atoms with E-state index in [2.05, 4.69) is 22.8 Å². The number of carbonyl (C=O) groups excluding carboxylic acids is 1. The Kier molecular flexibility index (Phi) is 3.38. The van der Waals surface area contributed by atoms with E-state index in [9.17, 15) is 4.79 Å². The second-order valence-electron chi connectivity index (χ2n) is 4.00. The molecule has 0 radical (unpaired) electrons. The molecule has 1 unspecified atom stereocenters. The Morgan fingerprint density at radius 1 is 1.67 bits per heavy atom. The van der Waals surface area contributed by atoms with Gasteiger partial charge in [0.2, 0.25) is 5.91 Å². The van der Waals surface area contributed by atoms with E-state index in [1.807, 2.05) is 0 Å². The highest BCUT2D eigenvalue weighted by molar-refractivity contribution is 7.10. The van der Waals surface area contributed by atoms with Gasteiger partial charge >= 0.3 is 0 Å². The Hall–Kier alpha value is -0.870. The van der Waals surface area contributed by atoms with Crippen LogP contribution in [-0.2, 0) is 4.79 Å². The van der Waals surface area contributed by atoms with E-state index in [1.165, 1.54) is 17.7 Å². The number of nitrogens with two attached hydrogens (primary N) is 1. The lowest BCUT2D eigenvalue weighted by atomic mass is 10.1. The molecule has 1 heterocycles. The minimum Gasteiger partial charge on any atom is -0.370 e. The average molecular weight is 224 g/mol. The van der Waals surface area contributed by atoms with Crippen molar-refractivity contribution in [2.45, 2.75) is 25.3 Å². The van der Waals surface area contributed by atoms with Gasteiger partial charge in [-0.15, -0.1) is 11.3 Å². The molecular formula is C11H16N2OS. The van der Waals surface area contributed by atoms with Crippen LogP contribution in [0.15, 0.2) is 17.5 Å². The molecule has 82 valence electrons. The molecule has 1 aliphatic rings. The number of hydrogen-bond acceptors (Lipinski definition) is 3. The largest absolute Gasteiger partial charge is 0.370 e. The Morgan fingerprint density at radius 2 is 2.47 bits per heavy atom. The van der Waals surface area contributed by atoms with E-state index in [1.54, 1.807) is 11.3 Å². The minimum atomic E-state index is -0.233. The number of amides is 1. The highest BCUT2D eigenvalue weighted by atomic mass is 32.1. The lowest BCUT2D eigenvalue weighted by Crippen LogP contribution is -2.26. The molecule has 0 bridgehead atoms. The SMILES string of the molecule is NC(=O)CCNC(c1cccs1)C1CC1. The highest BCUT2D eigenvalue weighted by Crippen LogP contribution is 2.42. The first-order valence-electron chi connectivity index (χ1n) is 5.32. The number of thiophene rings is 1. The van der Waals surface area contributed by atoms with Crippen LogP contribution in [-0.4, -0.2) is 12.5 Å². The summed E-state index contributed by atoms with van der Waals surface area (Å²) in [5.41, 5.74) is 5.11. The normalized spacial score (nSPS) is 17.6. The van der Waals surface area contributed by atoms with Gasteiger partial charge in [0.25, 0.3) is 0 Å². The zero-order valence-electron chi connectivity index (χ0n) is 8.61. The summed E-state index contributed by atoms with van der Waals surface area (Å²) in [5.74, 6) is 0.528. The van der Waals surface area contributed by atoms with E-state index < -0.39 is 0 Å². The molecule has 3 N–H and O–H groups in total. The molecule has 1 aromatic heterocycles. The maximum atomic E-state index is 10.6. The first kappa shape index (κ1) is 10.6. The maximum Gasteiger partial charge on any atom is 0.218 e. The summed E-state index contributed by atoms with van der Waals surface area (Å²) in [4.78, 5) is 12.0. The Bertz CT molecular complexity index is 319. The van der Waals surface area contributed by atoms with E-state index in [0.29, 0.717) is 19.0 Å². The summed E-state index contributed by atoms with van der Waals surface area (Å²) >= 11 is 1.78. The number of primary amides is 1. The molecule has 1 amide bonds. The second kappa shape index (κ2) is 4.77. The molecule has 1 atom stereocenters. The Balaban J connectivity index is 1.87. The molecule has 0 aliphatic heterocycles. The fourth-order valence-electron chi connectivity index (χ4n) is 1.75. The van der Waals surface area contributed by atoms with Crippen molar-refractivity contribution in [3.63, 3.8) is 0 Å². The van der Waals surface area contributed by atoms with Gasteiger partial charge in [-0.2, -0.15) is 0 Å². The van der Waals surface area contributed by atoms with Gasteiger partial charge in [0.1, 0.15) is 0 Å². The van der Waals surface area contributed by atoms with Crippen LogP contribution in [0.25, 0.3) is 0 Å². The molecule has 15 heavy (non-hydrogen) atoms. The Labute approximate surface area is 93.7 Å². The zero-order valence-corrected chi connectivity index (χ0v) is 9.43. The lowest BCUT2D eigenvalue weighted by Gasteiger charge is -2.16. The highest BCUT2D eigenvalue weighted by Gasteiger charge is 2.32. The van der Waals surface area contributed by atoms with Gasteiger partial charge in [0.05, 0.1) is 0 Å². The van der Waals surface area contributed by atoms with E-state index >= 15 is 0 Å². The summed E-state index contributed by atoms with van der Waals surface area (Å²) in [6, 6.07) is 4.67. The molecule has 1 aliphatic carbocycles. The smallest absolute Gasteiger partial charge is 0.218 e. The van der Waals surface area contributed by atoms with Gasteiger partial charge in [-0.3, -0.25) is 4.79 Å². The predicted molar refractivity (Wildman–Crippen MR) is 61.6 cm³/mol. The zero-order chi connectivity index (χ0) is 10.7. The molecule has 0 aromatic carbocycles. The van der Waals surface area contributed by atoms with Gasteiger partial charge in [-0.25, -0.2) is 0 Å². The molecule has 0 spiro atoms. The number of rotatable bonds is 6. The predicted octanol–water partition coefficient (Wildman–Crippen LogP) is 1.66. The van der Waals surface area contributed by atoms with Crippen LogP contribution >= 0.6 is 11.3 Å². The summed E-state index contributed by atoms with van der Waals surface area (Å²) in [6.07, 6.45) is 3.02. The maximum absolute atomic E-state index is 10.6. The molecule has 0 saturated heterocycles. The van der Waals surface area contributed by atoms with Crippen LogP contribution in [0, 0.1) is 5.92 Å². The minimum absolute atomic E-state index is 0.233. The van der Waals surface area contributed by atoms with Crippen LogP contribution in [0.2, 0.25) is 0 Å². The first-order chi connectivity index (χ1) is 7.27. The van der Waals surface area contributed by atoms with Crippen molar-refractivity contribution in [1.29, 1.82) is 0 Å². The summed E-state index contributed by atoms with van der Waals surface area (Å²) in [5, 5.41) is 5.52. The van der Waals surface area contributed by atoms with E-state index in [4.69, 9.17) is 5.73 Å². The fourth-order valence-corrected chi connectivity index (χ4v) is 2.64. The summed E-state index contributed by atoms with van der Waals surface area (Å²) in [6.45, 7) is 0.689. The first-order valence-corrected chi connectivity index (χ1v) is 6.20. The topological polar surface area (TPSA) is 55.1 Å².